The number of rotatable bonds is 7. The number of carbonyl (C=O) groups is 2. The van der Waals surface area contributed by atoms with Gasteiger partial charge in [0.2, 0.25) is 0 Å². The molecule has 0 aliphatic rings. The fourth-order valence-corrected chi connectivity index (χ4v) is 2.97. The molecule has 1 aromatic carbocycles. The maximum absolute atomic E-state index is 12.4. The molecule has 0 saturated heterocycles. The number of carbonyl (C=O) groups excluding carboxylic acids is 1. The van der Waals surface area contributed by atoms with Crippen molar-refractivity contribution in [1.82, 2.24) is 9.88 Å². The summed E-state index contributed by atoms with van der Waals surface area (Å²) < 4.78 is 2.06. The average Bonchev–Trinajstić information content (AvgIpc) is 2.85. The van der Waals surface area contributed by atoms with E-state index in [0.717, 1.165) is 23.5 Å². The highest BCUT2D eigenvalue weighted by molar-refractivity contribution is 5.95. The maximum atomic E-state index is 12.4. The van der Waals surface area contributed by atoms with Gasteiger partial charge in [0.1, 0.15) is 0 Å². The number of aryl methyl sites for hydroxylation is 1. The quantitative estimate of drug-likeness (QED) is 0.821. The SMILES string of the molecule is CCn1c(C)cc(C(=O)NCC(Cc2ccccc2)C(=O)O)c1C. The maximum Gasteiger partial charge on any atom is 0.308 e. The molecule has 1 unspecified atom stereocenters. The molecule has 1 atom stereocenters. The molecule has 1 aromatic heterocycles. The van der Waals surface area contributed by atoms with Crippen molar-refractivity contribution >= 4 is 11.9 Å². The number of aliphatic carboxylic acids is 1. The second-order valence-electron chi connectivity index (χ2n) is 5.96. The molecule has 0 aliphatic heterocycles. The van der Waals surface area contributed by atoms with Gasteiger partial charge in [0.25, 0.3) is 5.91 Å². The molecular weight excluding hydrogens is 304 g/mol. The summed E-state index contributed by atoms with van der Waals surface area (Å²) in [4.78, 5) is 23.9. The summed E-state index contributed by atoms with van der Waals surface area (Å²) >= 11 is 0. The van der Waals surface area contributed by atoms with Gasteiger partial charge in [-0.2, -0.15) is 0 Å². The number of aromatic nitrogens is 1. The van der Waals surface area contributed by atoms with E-state index in [1.807, 2.05) is 57.2 Å². The van der Waals surface area contributed by atoms with Crippen LogP contribution < -0.4 is 5.32 Å². The molecule has 5 heteroatoms. The first-order valence-corrected chi connectivity index (χ1v) is 8.15. The van der Waals surface area contributed by atoms with E-state index in [-0.39, 0.29) is 12.5 Å². The monoisotopic (exact) mass is 328 g/mol. The third kappa shape index (κ3) is 4.04. The Morgan fingerprint density at radius 3 is 2.42 bits per heavy atom. The largest absolute Gasteiger partial charge is 0.481 e. The molecule has 2 rings (SSSR count). The van der Waals surface area contributed by atoms with Crippen molar-refractivity contribution in [3.05, 3.63) is 58.9 Å². The van der Waals surface area contributed by atoms with E-state index in [4.69, 9.17) is 0 Å². The lowest BCUT2D eigenvalue weighted by Crippen LogP contribution is -2.34. The van der Waals surface area contributed by atoms with Crippen molar-refractivity contribution in [1.29, 1.82) is 0 Å². The fraction of sp³-hybridized carbons (Fsp3) is 0.368. The van der Waals surface area contributed by atoms with Crippen molar-refractivity contribution in [2.45, 2.75) is 33.7 Å². The Balaban J connectivity index is 2.04. The van der Waals surface area contributed by atoms with Gasteiger partial charge in [-0.15, -0.1) is 0 Å². The van der Waals surface area contributed by atoms with Gasteiger partial charge in [-0.25, -0.2) is 0 Å². The molecule has 0 aliphatic carbocycles. The topological polar surface area (TPSA) is 71.3 Å². The Bertz CT molecular complexity index is 720. The number of amides is 1. The number of hydrogen-bond acceptors (Lipinski definition) is 2. The average molecular weight is 328 g/mol. The number of benzene rings is 1. The zero-order valence-electron chi connectivity index (χ0n) is 14.4. The van der Waals surface area contributed by atoms with Crippen molar-refractivity contribution in [3.8, 4) is 0 Å². The highest BCUT2D eigenvalue weighted by Crippen LogP contribution is 2.15. The predicted molar refractivity (Wildman–Crippen MR) is 93.2 cm³/mol. The molecular formula is C19H24N2O3. The van der Waals surface area contributed by atoms with Gasteiger partial charge in [-0.05, 0) is 38.8 Å². The lowest BCUT2D eigenvalue weighted by atomic mass is 9.99. The Morgan fingerprint density at radius 2 is 1.88 bits per heavy atom. The summed E-state index contributed by atoms with van der Waals surface area (Å²) in [5.74, 6) is -1.77. The van der Waals surface area contributed by atoms with E-state index in [2.05, 4.69) is 9.88 Å². The van der Waals surface area contributed by atoms with E-state index in [1.54, 1.807) is 0 Å². The molecule has 0 spiro atoms. The Hall–Kier alpha value is -2.56. The fourth-order valence-electron chi connectivity index (χ4n) is 2.97. The molecule has 0 fully saturated rings. The highest BCUT2D eigenvalue weighted by Gasteiger charge is 2.21. The van der Waals surface area contributed by atoms with Crippen molar-refractivity contribution in [2.75, 3.05) is 6.54 Å². The van der Waals surface area contributed by atoms with Crippen molar-refractivity contribution in [2.24, 2.45) is 5.92 Å². The van der Waals surface area contributed by atoms with Crippen LogP contribution in [0.2, 0.25) is 0 Å². The lowest BCUT2D eigenvalue weighted by molar-refractivity contribution is -0.141. The predicted octanol–water partition coefficient (Wildman–Crippen LogP) is 2.80. The van der Waals surface area contributed by atoms with Crippen LogP contribution in [0.5, 0.6) is 0 Å². The van der Waals surface area contributed by atoms with Crippen LogP contribution in [-0.4, -0.2) is 28.1 Å². The molecule has 1 heterocycles. The minimum absolute atomic E-state index is 0.110. The van der Waals surface area contributed by atoms with Crippen LogP contribution in [0.3, 0.4) is 0 Å². The van der Waals surface area contributed by atoms with Crippen LogP contribution >= 0.6 is 0 Å². The number of nitrogens with one attached hydrogen (secondary N) is 1. The van der Waals surface area contributed by atoms with E-state index < -0.39 is 11.9 Å². The third-order valence-electron chi connectivity index (χ3n) is 4.32. The zero-order valence-corrected chi connectivity index (χ0v) is 14.4. The van der Waals surface area contributed by atoms with Crippen LogP contribution in [-0.2, 0) is 17.8 Å². The number of carboxylic acids is 1. The minimum atomic E-state index is -0.904. The summed E-state index contributed by atoms with van der Waals surface area (Å²) in [7, 11) is 0. The van der Waals surface area contributed by atoms with Gasteiger partial charge in [0.15, 0.2) is 0 Å². The first-order valence-electron chi connectivity index (χ1n) is 8.15. The van der Waals surface area contributed by atoms with Crippen LogP contribution in [0.25, 0.3) is 0 Å². The Kier molecular flexibility index (Phi) is 5.79. The molecule has 2 N–H and O–H groups in total. The highest BCUT2D eigenvalue weighted by atomic mass is 16.4. The van der Waals surface area contributed by atoms with Gasteiger partial charge in [0, 0.05) is 24.5 Å². The Morgan fingerprint density at radius 1 is 1.21 bits per heavy atom. The van der Waals surface area contributed by atoms with Gasteiger partial charge < -0.3 is 15.0 Å². The van der Waals surface area contributed by atoms with E-state index in [0.29, 0.717) is 12.0 Å². The minimum Gasteiger partial charge on any atom is -0.481 e. The lowest BCUT2D eigenvalue weighted by Gasteiger charge is -2.14. The van der Waals surface area contributed by atoms with Gasteiger partial charge >= 0.3 is 5.97 Å². The smallest absolute Gasteiger partial charge is 0.308 e. The summed E-state index contributed by atoms with van der Waals surface area (Å²) in [6, 6.07) is 11.3. The second kappa shape index (κ2) is 7.81. The molecule has 1 amide bonds. The van der Waals surface area contributed by atoms with E-state index >= 15 is 0 Å². The van der Waals surface area contributed by atoms with Crippen molar-refractivity contribution in [3.63, 3.8) is 0 Å². The summed E-state index contributed by atoms with van der Waals surface area (Å²) in [6.07, 6.45) is 0.393. The molecule has 0 radical (unpaired) electrons. The number of nitrogens with zero attached hydrogens (tertiary/aromatic N) is 1. The van der Waals surface area contributed by atoms with Crippen LogP contribution in [0.1, 0.15) is 34.2 Å². The molecule has 5 nitrogen and oxygen atoms in total. The molecule has 24 heavy (non-hydrogen) atoms. The first kappa shape index (κ1) is 17.8. The van der Waals surface area contributed by atoms with E-state index in [1.165, 1.54) is 0 Å². The molecule has 0 saturated carbocycles. The van der Waals surface area contributed by atoms with Gasteiger partial charge in [-0.1, -0.05) is 30.3 Å². The zero-order chi connectivity index (χ0) is 17.7. The first-order chi connectivity index (χ1) is 11.4. The number of hydrogen-bond donors (Lipinski definition) is 2. The summed E-state index contributed by atoms with van der Waals surface area (Å²) in [6.45, 7) is 6.81. The van der Waals surface area contributed by atoms with Crippen molar-refractivity contribution < 1.29 is 14.7 Å². The van der Waals surface area contributed by atoms with Crippen LogP contribution in [0, 0.1) is 19.8 Å². The molecule has 2 aromatic rings. The van der Waals surface area contributed by atoms with Gasteiger partial charge in [0.05, 0.1) is 11.5 Å². The summed E-state index contributed by atoms with van der Waals surface area (Å²) in [5, 5.41) is 12.2. The Labute approximate surface area is 142 Å². The number of carboxylic acid groups (broad SMARTS) is 1. The van der Waals surface area contributed by atoms with E-state index in [9.17, 15) is 14.7 Å². The van der Waals surface area contributed by atoms with Crippen LogP contribution in [0.4, 0.5) is 0 Å². The molecule has 0 bridgehead atoms. The third-order valence-corrected chi connectivity index (χ3v) is 4.32. The standard InChI is InChI=1S/C19H24N2O3/c1-4-21-13(2)10-17(14(21)3)18(22)20-12-16(19(23)24)11-15-8-6-5-7-9-15/h5-10,16H,4,11-12H2,1-3H3,(H,20,22)(H,23,24). The van der Waals surface area contributed by atoms with Gasteiger partial charge in [-0.3, -0.25) is 9.59 Å². The summed E-state index contributed by atoms with van der Waals surface area (Å²) in [5.41, 5.74) is 3.49. The normalized spacial score (nSPS) is 12.0. The molecule has 128 valence electrons. The van der Waals surface area contributed by atoms with Crippen LogP contribution in [0.15, 0.2) is 36.4 Å². The second-order valence-corrected chi connectivity index (χ2v) is 5.96.